The Balaban J connectivity index is 2.37. The first-order valence-electron chi connectivity index (χ1n) is 7.95. The van der Waals surface area contributed by atoms with Crippen LogP contribution in [0.4, 0.5) is 4.39 Å². The first kappa shape index (κ1) is 17.8. The Morgan fingerprint density at radius 1 is 1.42 bits per heavy atom. The quantitative estimate of drug-likeness (QED) is 0.631. The van der Waals surface area contributed by atoms with E-state index in [-0.39, 0.29) is 17.3 Å². The molecule has 5 heteroatoms. The van der Waals surface area contributed by atoms with Gasteiger partial charge in [-0.05, 0) is 56.9 Å². The van der Waals surface area contributed by atoms with Gasteiger partial charge < -0.3 is 5.11 Å². The molecule has 1 unspecified atom stereocenters. The number of carbonyl (C=O) groups is 1. The fraction of sp³-hybridized carbons (Fsp3) is 0.316. The van der Waals surface area contributed by atoms with Crippen LogP contribution >= 0.6 is 0 Å². The van der Waals surface area contributed by atoms with Crippen molar-refractivity contribution in [2.24, 2.45) is 10.9 Å². The van der Waals surface area contributed by atoms with Crippen molar-refractivity contribution in [1.82, 2.24) is 4.98 Å². The summed E-state index contributed by atoms with van der Waals surface area (Å²) < 4.78 is 13.1. The zero-order chi connectivity index (χ0) is 17.5. The monoisotopic (exact) mass is 328 g/mol. The number of allylic oxidation sites excluding steroid dienone is 5. The normalized spacial score (nSPS) is 18.9. The van der Waals surface area contributed by atoms with Gasteiger partial charge in [-0.25, -0.2) is 9.18 Å². The zero-order valence-corrected chi connectivity index (χ0v) is 13.9. The van der Waals surface area contributed by atoms with Gasteiger partial charge in [-0.2, -0.15) is 0 Å². The van der Waals surface area contributed by atoms with Crippen molar-refractivity contribution < 1.29 is 14.3 Å². The molecule has 1 aliphatic rings. The molecule has 1 atom stereocenters. The van der Waals surface area contributed by atoms with Crippen LogP contribution in [0.1, 0.15) is 32.3 Å². The predicted molar refractivity (Wildman–Crippen MR) is 92.7 cm³/mol. The second-order valence-corrected chi connectivity index (χ2v) is 5.67. The van der Waals surface area contributed by atoms with E-state index in [1.807, 2.05) is 6.92 Å². The number of nitrogens with zero attached hydrogens (tertiary/aromatic N) is 2. The Morgan fingerprint density at radius 2 is 2.12 bits per heavy atom. The van der Waals surface area contributed by atoms with Crippen molar-refractivity contribution in [1.29, 1.82) is 0 Å². The van der Waals surface area contributed by atoms with Crippen LogP contribution < -0.4 is 0 Å². The number of rotatable bonds is 6. The van der Waals surface area contributed by atoms with E-state index in [9.17, 15) is 14.3 Å². The number of carboxylic acids is 1. The Kier molecular flexibility index (Phi) is 6.18. The van der Waals surface area contributed by atoms with Crippen molar-refractivity contribution in [2.45, 2.75) is 26.7 Å². The van der Waals surface area contributed by atoms with Crippen LogP contribution in [0.25, 0.3) is 0 Å². The van der Waals surface area contributed by atoms with Crippen molar-refractivity contribution >= 4 is 11.7 Å². The maximum absolute atomic E-state index is 13.1. The summed E-state index contributed by atoms with van der Waals surface area (Å²) in [6, 6.07) is 3.51. The molecular formula is C19H21FN2O2. The Hall–Kier alpha value is -2.56. The van der Waals surface area contributed by atoms with Gasteiger partial charge in [0.2, 0.25) is 0 Å². The van der Waals surface area contributed by atoms with E-state index < -0.39 is 5.97 Å². The average molecular weight is 328 g/mol. The van der Waals surface area contributed by atoms with Crippen molar-refractivity contribution in [3.05, 3.63) is 65.3 Å². The standard InChI is InChI=1S/C19H21FN2O2/c1-3-22-18(15-8-10-21-11-9-15)17(19(23)24)13(2)12-14-4-6-16(20)7-5-14/h4,6-11,14H,3,5,12H2,1-2H3,(H,23,24)/b17-13-,22-18?. The Morgan fingerprint density at radius 3 is 2.67 bits per heavy atom. The molecule has 24 heavy (non-hydrogen) atoms. The highest BCUT2D eigenvalue weighted by atomic mass is 19.1. The average Bonchev–Trinajstić information content (AvgIpc) is 2.57. The van der Waals surface area contributed by atoms with Gasteiger partial charge in [-0.15, -0.1) is 0 Å². The second kappa shape index (κ2) is 8.34. The molecule has 1 aromatic heterocycles. The van der Waals surface area contributed by atoms with Crippen LogP contribution in [0.15, 0.2) is 64.7 Å². The van der Waals surface area contributed by atoms with Crippen LogP contribution in [0.5, 0.6) is 0 Å². The Bertz CT molecular complexity index is 718. The highest BCUT2D eigenvalue weighted by Gasteiger charge is 2.21. The molecule has 0 radical (unpaired) electrons. The smallest absolute Gasteiger partial charge is 0.337 e. The van der Waals surface area contributed by atoms with E-state index in [1.165, 1.54) is 12.2 Å². The number of pyridine rings is 1. The van der Waals surface area contributed by atoms with E-state index in [0.29, 0.717) is 25.1 Å². The van der Waals surface area contributed by atoms with Gasteiger partial charge in [0.15, 0.2) is 0 Å². The van der Waals surface area contributed by atoms with Gasteiger partial charge in [-0.1, -0.05) is 11.6 Å². The minimum absolute atomic E-state index is 0.0965. The molecule has 4 nitrogen and oxygen atoms in total. The fourth-order valence-corrected chi connectivity index (χ4v) is 2.75. The van der Waals surface area contributed by atoms with Crippen molar-refractivity contribution in [2.75, 3.05) is 6.54 Å². The van der Waals surface area contributed by atoms with Crippen LogP contribution in [0, 0.1) is 5.92 Å². The SMILES string of the molecule is CCN=C(/C(C(=O)O)=C(\C)CC1C=CC(F)=CC1)c1ccncc1. The summed E-state index contributed by atoms with van der Waals surface area (Å²) in [6.07, 6.45) is 9.12. The number of aliphatic carboxylic acids is 1. The molecule has 0 saturated carbocycles. The minimum Gasteiger partial charge on any atom is -0.478 e. The number of hydrogen-bond donors (Lipinski definition) is 1. The molecule has 2 rings (SSSR count). The molecule has 1 aromatic rings. The molecule has 0 amide bonds. The van der Waals surface area contributed by atoms with Gasteiger partial charge in [0, 0.05) is 24.5 Å². The molecular weight excluding hydrogens is 307 g/mol. The molecule has 1 heterocycles. The molecule has 0 fully saturated rings. The molecule has 0 spiro atoms. The number of carboxylic acid groups (broad SMARTS) is 1. The third-order valence-corrected chi connectivity index (χ3v) is 3.86. The van der Waals surface area contributed by atoms with Crippen LogP contribution in [-0.4, -0.2) is 28.3 Å². The molecule has 0 aliphatic heterocycles. The van der Waals surface area contributed by atoms with Crippen molar-refractivity contribution in [3.8, 4) is 0 Å². The number of aliphatic imine (C=N–C) groups is 1. The van der Waals surface area contributed by atoms with Crippen LogP contribution in [0.3, 0.4) is 0 Å². The van der Waals surface area contributed by atoms with Gasteiger partial charge in [0.1, 0.15) is 5.83 Å². The maximum Gasteiger partial charge on any atom is 0.337 e. The highest BCUT2D eigenvalue weighted by Crippen LogP contribution is 2.26. The number of hydrogen-bond acceptors (Lipinski definition) is 3. The predicted octanol–water partition coefficient (Wildman–Crippen LogP) is 4.11. The van der Waals surface area contributed by atoms with Gasteiger partial charge in [0.05, 0.1) is 11.3 Å². The zero-order valence-electron chi connectivity index (χ0n) is 13.9. The largest absolute Gasteiger partial charge is 0.478 e. The van der Waals surface area contributed by atoms with E-state index in [1.54, 1.807) is 37.5 Å². The minimum atomic E-state index is -1.00. The molecule has 0 aromatic carbocycles. The number of halogens is 1. The first-order chi connectivity index (χ1) is 11.5. The summed E-state index contributed by atoms with van der Waals surface area (Å²) >= 11 is 0. The summed E-state index contributed by atoms with van der Waals surface area (Å²) in [4.78, 5) is 20.3. The molecule has 0 saturated heterocycles. The molecule has 1 aliphatic carbocycles. The topological polar surface area (TPSA) is 62.5 Å². The van der Waals surface area contributed by atoms with Crippen molar-refractivity contribution in [3.63, 3.8) is 0 Å². The summed E-state index contributed by atoms with van der Waals surface area (Å²) in [7, 11) is 0. The summed E-state index contributed by atoms with van der Waals surface area (Å²) in [5.41, 5.74) is 2.14. The van der Waals surface area contributed by atoms with E-state index in [0.717, 1.165) is 11.1 Å². The van der Waals surface area contributed by atoms with Crippen LogP contribution in [0.2, 0.25) is 0 Å². The molecule has 126 valence electrons. The maximum atomic E-state index is 13.1. The summed E-state index contributed by atoms with van der Waals surface area (Å²) in [5, 5.41) is 9.73. The lowest BCUT2D eigenvalue weighted by Gasteiger charge is -2.17. The van der Waals surface area contributed by atoms with Gasteiger partial charge in [-0.3, -0.25) is 9.98 Å². The second-order valence-electron chi connectivity index (χ2n) is 5.67. The lowest BCUT2D eigenvalue weighted by molar-refractivity contribution is -0.132. The number of aromatic nitrogens is 1. The highest BCUT2D eigenvalue weighted by molar-refractivity contribution is 6.26. The molecule has 0 bridgehead atoms. The third-order valence-electron chi connectivity index (χ3n) is 3.86. The van der Waals surface area contributed by atoms with E-state index in [2.05, 4.69) is 9.98 Å². The van der Waals surface area contributed by atoms with Gasteiger partial charge >= 0.3 is 5.97 Å². The van der Waals surface area contributed by atoms with E-state index >= 15 is 0 Å². The first-order valence-corrected chi connectivity index (χ1v) is 7.95. The van der Waals surface area contributed by atoms with Gasteiger partial charge in [0.25, 0.3) is 0 Å². The summed E-state index contributed by atoms with van der Waals surface area (Å²) in [6.45, 7) is 4.16. The van der Waals surface area contributed by atoms with E-state index in [4.69, 9.17) is 0 Å². The fourth-order valence-electron chi connectivity index (χ4n) is 2.75. The lowest BCUT2D eigenvalue weighted by Crippen LogP contribution is -2.17. The van der Waals surface area contributed by atoms with Crippen LogP contribution in [-0.2, 0) is 4.79 Å². The lowest BCUT2D eigenvalue weighted by atomic mass is 9.89. The summed E-state index contributed by atoms with van der Waals surface area (Å²) in [5.74, 6) is -1.14. The Labute approximate surface area is 141 Å². The molecule has 1 N–H and O–H groups in total. The third kappa shape index (κ3) is 4.47.